The van der Waals surface area contributed by atoms with Crippen LogP contribution in [0, 0.1) is 0 Å². The monoisotopic (exact) mass is 334 g/mol. The van der Waals surface area contributed by atoms with Crippen molar-refractivity contribution in [2.75, 3.05) is 13.2 Å². The highest BCUT2D eigenvalue weighted by molar-refractivity contribution is 5.74. The van der Waals surface area contributed by atoms with Crippen molar-refractivity contribution < 1.29 is 14.3 Å². The predicted molar refractivity (Wildman–Crippen MR) is 97.4 cm³/mol. The summed E-state index contributed by atoms with van der Waals surface area (Å²) in [5, 5.41) is 0. The molecule has 0 aromatic heterocycles. The summed E-state index contributed by atoms with van der Waals surface area (Å²) in [5.74, 6) is 0.587. The van der Waals surface area contributed by atoms with E-state index in [1.165, 1.54) is 57.8 Å². The predicted octanol–water partition coefficient (Wildman–Crippen LogP) is 5.17. The van der Waals surface area contributed by atoms with Gasteiger partial charge < -0.3 is 9.47 Å². The van der Waals surface area contributed by atoms with Crippen molar-refractivity contribution in [2.24, 2.45) is 0 Å². The number of rotatable bonds is 15. The highest BCUT2D eigenvalue weighted by Crippen LogP contribution is 2.20. The molecule has 0 aliphatic rings. The Hall–Kier alpha value is -1.71. The number of hydrogen-bond acceptors (Lipinski definition) is 3. The van der Waals surface area contributed by atoms with Crippen LogP contribution in [-0.2, 0) is 4.79 Å². The molecule has 4 nitrogen and oxygen atoms in total. The molecule has 0 heterocycles. The number of unbranched alkanes of at least 4 members (excludes halogenated alkanes) is 9. The molecule has 1 aromatic carbocycles. The van der Waals surface area contributed by atoms with Crippen molar-refractivity contribution in [1.82, 2.24) is 5.73 Å². The van der Waals surface area contributed by atoms with Crippen LogP contribution in [0.1, 0.15) is 71.1 Å². The molecule has 0 saturated carbocycles. The van der Waals surface area contributed by atoms with Crippen LogP contribution in [0.2, 0.25) is 0 Å². The molecule has 0 unspecified atom stereocenters. The minimum absolute atomic E-state index is 0.220. The van der Waals surface area contributed by atoms with Crippen molar-refractivity contribution in [3.05, 3.63) is 24.3 Å². The second-order valence-corrected chi connectivity index (χ2v) is 6.22. The summed E-state index contributed by atoms with van der Waals surface area (Å²) in [4.78, 5) is 10.6. The highest BCUT2D eigenvalue weighted by atomic mass is 16.5. The first-order chi connectivity index (χ1) is 11.7. The second kappa shape index (κ2) is 13.7. The zero-order valence-electron chi connectivity index (χ0n) is 15.0. The van der Waals surface area contributed by atoms with Gasteiger partial charge in [-0.3, -0.25) is 10.5 Å². The van der Waals surface area contributed by atoms with Gasteiger partial charge in [-0.15, -0.1) is 0 Å². The minimum atomic E-state index is -0.730. The molecular weight excluding hydrogens is 302 g/mol. The van der Waals surface area contributed by atoms with Crippen LogP contribution in [0.4, 0.5) is 0 Å². The van der Waals surface area contributed by atoms with Crippen molar-refractivity contribution in [2.45, 2.75) is 71.1 Å². The standard InChI is InChI=1S/C20H32NO3/c1-2-3-4-5-6-7-8-9-10-11-15-23-18-13-12-14-19(16-18)24-17-20(21)22/h12-14,16,21H,2-11,15,17H2,1H3. The van der Waals surface area contributed by atoms with Crippen LogP contribution in [0.5, 0.6) is 11.5 Å². The van der Waals surface area contributed by atoms with Crippen LogP contribution in [-0.4, -0.2) is 19.1 Å². The maximum absolute atomic E-state index is 10.6. The summed E-state index contributed by atoms with van der Waals surface area (Å²) in [6, 6.07) is 7.23. The number of amides is 1. The van der Waals surface area contributed by atoms with Crippen molar-refractivity contribution in [3.8, 4) is 11.5 Å². The lowest BCUT2D eigenvalue weighted by molar-refractivity contribution is -0.120. The van der Waals surface area contributed by atoms with E-state index in [1.54, 1.807) is 12.1 Å². The average molecular weight is 334 g/mol. The van der Waals surface area contributed by atoms with Crippen LogP contribution >= 0.6 is 0 Å². The van der Waals surface area contributed by atoms with Gasteiger partial charge in [-0.2, -0.15) is 0 Å². The lowest BCUT2D eigenvalue weighted by Crippen LogP contribution is -2.11. The Balaban J connectivity index is 2.01. The summed E-state index contributed by atoms with van der Waals surface area (Å²) in [6.45, 7) is 2.74. The zero-order chi connectivity index (χ0) is 17.5. The SMILES string of the molecule is CCCCCCCCCCCCOc1cccc(OCC([NH])=O)c1. The van der Waals surface area contributed by atoms with Crippen molar-refractivity contribution in [3.63, 3.8) is 0 Å². The smallest absolute Gasteiger partial charge is 0.276 e. The molecule has 1 amide bonds. The number of ether oxygens (including phenoxy) is 2. The van der Waals surface area contributed by atoms with Gasteiger partial charge in [-0.1, -0.05) is 70.8 Å². The number of benzene rings is 1. The van der Waals surface area contributed by atoms with Gasteiger partial charge in [0.1, 0.15) is 11.5 Å². The van der Waals surface area contributed by atoms with Gasteiger partial charge in [0.25, 0.3) is 5.91 Å². The molecule has 0 spiro atoms. The molecule has 135 valence electrons. The quantitative estimate of drug-likeness (QED) is 0.415. The molecule has 1 rings (SSSR count). The van der Waals surface area contributed by atoms with Gasteiger partial charge in [-0.25, -0.2) is 0 Å². The lowest BCUT2D eigenvalue weighted by Gasteiger charge is -2.08. The Kier molecular flexibility index (Phi) is 11.6. The van der Waals surface area contributed by atoms with E-state index < -0.39 is 5.91 Å². The van der Waals surface area contributed by atoms with Gasteiger partial charge in [0, 0.05) is 6.07 Å². The number of carbonyl (C=O) groups is 1. The molecule has 0 aliphatic carbocycles. The van der Waals surface area contributed by atoms with E-state index in [-0.39, 0.29) is 6.61 Å². The van der Waals surface area contributed by atoms with Gasteiger partial charge >= 0.3 is 0 Å². The molecule has 4 heteroatoms. The summed E-state index contributed by atoms with van der Waals surface area (Å²) in [6.07, 6.45) is 13.1. The molecule has 1 aromatic rings. The van der Waals surface area contributed by atoms with Gasteiger partial charge in [0.2, 0.25) is 0 Å². The Morgan fingerprint density at radius 1 is 0.875 bits per heavy atom. The van der Waals surface area contributed by atoms with E-state index in [0.29, 0.717) is 12.4 Å². The van der Waals surface area contributed by atoms with Crippen LogP contribution in [0.3, 0.4) is 0 Å². The Bertz CT molecular complexity index is 448. The lowest BCUT2D eigenvalue weighted by atomic mass is 10.1. The third-order valence-corrected chi connectivity index (χ3v) is 3.94. The third kappa shape index (κ3) is 10.9. The molecule has 0 fully saturated rings. The topological polar surface area (TPSA) is 59.3 Å². The fourth-order valence-corrected chi connectivity index (χ4v) is 2.58. The van der Waals surface area contributed by atoms with E-state index in [4.69, 9.17) is 15.2 Å². The van der Waals surface area contributed by atoms with Crippen LogP contribution in [0.15, 0.2) is 24.3 Å². The first kappa shape index (κ1) is 20.3. The van der Waals surface area contributed by atoms with E-state index >= 15 is 0 Å². The molecule has 0 aliphatic heterocycles. The summed E-state index contributed by atoms with van der Waals surface area (Å²) in [7, 11) is 0. The zero-order valence-corrected chi connectivity index (χ0v) is 15.0. The summed E-state index contributed by atoms with van der Waals surface area (Å²) >= 11 is 0. The van der Waals surface area contributed by atoms with Gasteiger partial charge in [-0.05, 0) is 18.6 Å². The second-order valence-electron chi connectivity index (χ2n) is 6.22. The van der Waals surface area contributed by atoms with E-state index in [2.05, 4.69) is 6.92 Å². The minimum Gasteiger partial charge on any atom is -0.493 e. The Labute approximate surface area is 146 Å². The molecule has 0 saturated heterocycles. The Morgan fingerprint density at radius 3 is 2.00 bits per heavy atom. The first-order valence-corrected chi connectivity index (χ1v) is 9.32. The number of nitrogens with one attached hydrogen (secondary N) is 1. The highest BCUT2D eigenvalue weighted by Gasteiger charge is 2.01. The number of hydrogen-bond donors (Lipinski definition) is 0. The third-order valence-electron chi connectivity index (χ3n) is 3.94. The number of carbonyl (C=O) groups excluding carboxylic acids is 1. The maximum Gasteiger partial charge on any atom is 0.276 e. The van der Waals surface area contributed by atoms with Crippen molar-refractivity contribution >= 4 is 5.91 Å². The molecule has 1 N–H and O–H groups in total. The molecule has 0 atom stereocenters. The van der Waals surface area contributed by atoms with E-state index in [1.807, 2.05) is 12.1 Å². The fourth-order valence-electron chi connectivity index (χ4n) is 2.58. The van der Waals surface area contributed by atoms with Gasteiger partial charge in [0.15, 0.2) is 6.61 Å². The summed E-state index contributed by atoms with van der Waals surface area (Å²) < 4.78 is 10.9. The average Bonchev–Trinajstić information content (AvgIpc) is 2.58. The van der Waals surface area contributed by atoms with Crippen molar-refractivity contribution in [1.29, 1.82) is 0 Å². The molecule has 0 bridgehead atoms. The van der Waals surface area contributed by atoms with E-state index in [0.717, 1.165) is 12.2 Å². The van der Waals surface area contributed by atoms with Crippen LogP contribution < -0.4 is 15.2 Å². The molecule has 24 heavy (non-hydrogen) atoms. The normalized spacial score (nSPS) is 10.5. The van der Waals surface area contributed by atoms with Crippen LogP contribution in [0.25, 0.3) is 0 Å². The first-order valence-electron chi connectivity index (χ1n) is 9.32. The largest absolute Gasteiger partial charge is 0.493 e. The maximum atomic E-state index is 10.6. The fraction of sp³-hybridized carbons (Fsp3) is 0.650. The van der Waals surface area contributed by atoms with Gasteiger partial charge in [0.05, 0.1) is 6.61 Å². The summed E-state index contributed by atoms with van der Waals surface area (Å²) in [5.41, 5.74) is 6.83. The Morgan fingerprint density at radius 2 is 1.42 bits per heavy atom. The molecule has 1 radical (unpaired) electrons. The van der Waals surface area contributed by atoms with E-state index in [9.17, 15) is 4.79 Å². The molecular formula is C20H32NO3.